The number of hydrogen-bond acceptors (Lipinski definition) is 4. The molecule has 3 aromatic carbocycles. The van der Waals surface area contributed by atoms with E-state index in [0.717, 1.165) is 28.8 Å². The van der Waals surface area contributed by atoms with Crippen LogP contribution in [0.4, 0.5) is 18.9 Å². The van der Waals surface area contributed by atoms with Gasteiger partial charge in [0.25, 0.3) is 5.91 Å². The van der Waals surface area contributed by atoms with Crippen molar-refractivity contribution in [3.05, 3.63) is 89.0 Å². The molecule has 1 atom stereocenters. The number of anilines is 1. The summed E-state index contributed by atoms with van der Waals surface area (Å²) in [6.07, 6.45) is -4.09. The molecule has 0 unspecified atom stereocenters. The van der Waals surface area contributed by atoms with Gasteiger partial charge in [-0.15, -0.1) is 0 Å². The van der Waals surface area contributed by atoms with E-state index in [-0.39, 0.29) is 43.5 Å². The predicted octanol–water partition coefficient (Wildman–Crippen LogP) is 4.84. The summed E-state index contributed by atoms with van der Waals surface area (Å²) in [5.74, 6) is -0.954. The number of amides is 3. The van der Waals surface area contributed by atoms with Gasteiger partial charge in [0.15, 0.2) is 0 Å². The Morgan fingerprint density at radius 1 is 0.905 bits per heavy atom. The van der Waals surface area contributed by atoms with Crippen LogP contribution in [-0.2, 0) is 28.7 Å². The molecule has 0 aliphatic carbocycles. The molecule has 0 fully saturated rings. The van der Waals surface area contributed by atoms with Gasteiger partial charge in [0.05, 0.1) is 12.1 Å². The summed E-state index contributed by atoms with van der Waals surface area (Å²) in [5, 5.41) is 9.05. The lowest BCUT2D eigenvalue weighted by molar-refractivity contribution is -0.137. The van der Waals surface area contributed by atoms with Crippen LogP contribution in [0, 0.1) is 0 Å². The van der Waals surface area contributed by atoms with Crippen LogP contribution in [0.25, 0.3) is 11.1 Å². The quantitative estimate of drug-likeness (QED) is 0.356. The maximum Gasteiger partial charge on any atom is 0.416 e. The molecule has 6 rings (SSSR count). The summed E-state index contributed by atoms with van der Waals surface area (Å²) in [6, 6.07) is 17.2. The van der Waals surface area contributed by atoms with Crippen molar-refractivity contribution >= 4 is 23.4 Å². The van der Waals surface area contributed by atoms with Crippen LogP contribution in [0.5, 0.6) is 0 Å². The minimum absolute atomic E-state index is 0.0555. The molecule has 7 nitrogen and oxygen atoms in total. The average Bonchev–Trinajstić information content (AvgIpc) is 3.06. The molecule has 10 heteroatoms. The third-order valence-corrected chi connectivity index (χ3v) is 7.69. The van der Waals surface area contributed by atoms with E-state index >= 15 is 0 Å². The number of rotatable bonds is 0. The van der Waals surface area contributed by atoms with Gasteiger partial charge in [-0.2, -0.15) is 13.2 Å². The third kappa shape index (κ3) is 6.49. The Bertz CT molecular complexity index is 1500. The predicted molar refractivity (Wildman–Crippen MR) is 154 cm³/mol. The molecule has 4 bridgehead atoms. The van der Waals surface area contributed by atoms with E-state index in [1.165, 1.54) is 11.0 Å². The van der Waals surface area contributed by atoms with Gasteiger partial charge in [0.2, 0.25) is 11.8 Å². The Morgan fingerprint density at radius 2 is 1.62 bits per heavy atom. The summed E-state index contributed by atoms with van der Waals surface area (Å²) in [4.78, 5) is 41.5. The molecular weight excluding hydrogens is 545 g/mol. The van der Waals surface area contributed by atoms with Gasteiger partial charge in [-0.05, 0) is 73.2 Å². The first-order valence-corrected chi connectivity index (χ1v) is 13.9. The number of aryl methyl sites for hydroxylation is 1. The summed E-state index contributed by atoms with van der Waals surface area (Å²) in [6.45, 7) is 4.55. The van der Waals surface area contributed by atoms with Gasteiger partial charge in [-0.1, -0.05) is 42.5 Å². The van der Waals surface area contributed by atoms with Crippen LogP contribution in [0.3, 0.4) is 0 Å². The van der Waals surface area contributed by atoms with E-state index in [0.29, 0.717) is 29.9 Å². The molecule has 3 aromatic rings. The van der Waals surface area contributed by atoms with Crippen molar-refractivity contribution < 1.29 is 27.6 Å². The van der Waals surface area contributed by atoms with E-state index in [9.17, 15) is 27.6 Å². The molecule has 3 amide bonds. The minimum Gasteiger partial charge on any atom is -0.351 e. The number of benzene rings is 3. The number of hydrogen-bond donors (Lipinski definition) is 3. The van der Waals surface area contributed by atoms with Crippen LogP contribution >= 0.6 is 0 Å². The van der Waals surface area contributed by atoms with Gasteiger partial charge < -0.3 is 20.9 Å². The molecule has 42 heavy (non-hydrogen) atoms. The highest BCUT2D eigenvalue weighted by Crippen LogP contribution is 2.36. The first kappa shape index (κ1) is 29.3. The van der Waals surface area contributed by atoms with Crippen molar-refractivity contribution in [2.45, 2.75) is 57.4 Å². The number of nitrogens with one attached hydrogen (secondary N) is 3. The minimum atomic E-state index is -4.52. The first-order chi connectivity index (χ1) is 19.9. The summed E-state index contributed by atoms with van der Waals surface area (Å²) in [5.41, 5.74) is 2.18. The molecule has 3 aliphatic heterocycles. The fourth-order valence-corrected chi connectivity index (χ4v) is 5.54. The lowest BCUT2D eigenvalue weighted by atomic mass is 9.98. The number of nitrogens with zero attached hydrogens (tertiary/aromatic N) is 1. The highest BCUT2D eigenvalue weighted by atomic mass is 19.4. The van der Waals surface area contributed by atoms with Crippen LogP contribution < -0.4 is 20.9 Å². The lowest BCUT2D eigenvalue weighted by Gasteiger charge is -2.29. The van der Waals surface area contributed by atoms with Crippen molar-refractivity contribution in [3.8, 4) is 11.1 Å². The number of alkyl halides is 3. The van der Waals surface area contributed by atoms with Crippen LogP contribution in [0.15, 0.2) is 66.7 Å². The zero-order valence-corrected chi connectivity index (χ0v) is 23.5. The Hall–Kier alpha value is -4.18. The Balaban J connectivity index is 1.55. The smallest absolute Gasteiger partial charge is 0.351 e. The molecule has 0 radical (unpaired) electrons. The van der Waals surface area contributed by atoms with Crippen molar-refractivity contribution in [2.24, 2.45) is 0 Å². The van der Waals surface area contributed by atoms with Crippen LogP contribution in [0.1, 0.15) is 53.7 Å². The molecule has 220 valence electrons. The van der Waals surface area contributed by atoms with E-state index in [1.807, 2.05) is 50.2 Å². The largest absolute Gasteiger partial charge is 0.416 e. The molecule has 3 N–H and O–H groups in total. The number of fused-ring (bicyclic) bond motifs is 11. The number of carbonyl (C=O) groups is 3. The molecule has 0 saturated heterocycles. The Labute approximate surface area is 242 Å². The fourth-order valence-electron chi connectivity index (χ4n) is 5.54. The van der Waals surface area contributed by atoms with Crippen LogP contribution in [-0.4, -0.2) is 42.4 Å². The average molecular weight is 579 g/mol. The molecule has 3 heterocycles. The normalized spacial score (nSPS) is 19.8. The van der Waals surface area contributed by atoms with Crippen LogP contribution in [0.2, 0.25) is 0 Å². The monoisotopic (exact) mass is 578 g/mol. The molecule has 0 spiro atoms. The van der Waals surface area contributed by atoms with E-state index in [2.05, 4.69) is 16.0 Å². The van der Waals surface area contributed by atoms with Crippen molar-refractivity contribution in [1.82, 2.24) is 16.0 Å². The molecule has 3 aliphatic rings. The second-order valence-corrected chi connectivity index (χ2v) is 11.4. The summed E-state index contributed by atoms with van der Waals surface area (Å²) >= 11 is 0. The number of halogens is 3. The van der Waals surface area contributed by atoms with Crippen molar-refractivity contribution in [1.29, 1.82) is 0 Å². The maximum atomic E-state index is 13.9. The molecule has 0 saturated carbocycles. The fraction of sp³-hybridized carbons (Fsp3) is 0.344. The van der Waals surface area contributed by atoms with Gasteiger partial charge >= 0.3 is 6.18 Å². The first-order valence-electron chi connectivity index (χ1n) is 13.9. The van der Waals surface area contributed by atoms with E-state index in [1.54, 1.807) is 12.1 Å². The topological polar surface area (TPSA) is 90.5 Å². The highest BCUT2D eigenvalue weighted by Gasteiger charge is 2.36. The Kier molecular flexibility index (Phi) is 8.10. The summed E-state index contributed by atoms with van der Waals surface area (Å²) in [7, 11) is 0. The van der Waals surface area contributed by atoms with Crippen molar-refractivity contribution in [3.63, 3.8) is 0 Å². The van der Waals surface area contributed by atoms with E-state index in [4.69, 9.17) is 0 Å². The number of carbonyl (C=O) groups excluding carboxylic acids is 3. The maximum absolute atomic E-state index is 13.9. The highest BCUT2D eigenvalue weighted by molar-refractivity contribution is 6.01. The van der Waals surface area contributed by atoms with Gasteiger partial charge in [0.1, 0.15) is 6.04 Å². The zero-order chi connectivity index (χ0) is 30.1. The molecular formula is C32H33F3N4O3. The van der Waals surface area contributed by atoms with Crippen molar-refractivity contribution in [2.75, 3.05) is 18.0 Å². The second-order valence-electron chi connectivity index (χ2n) is 11.4. The summed E-state index contributed by atoms with van der Waals surface area (Å²) < 4.78 is 40.6. The van der Waals surface area contributed by atoms with E-state index < -0.39 is 23.3 Å². The van der Waals surface area contributed by atoms with Gasteiger partial charge in [-0.25, -0.2) is 0 Å². The molecule has 0 aromatic heterocycles. The lowest BCUT2D eigenvalue weighted by Crippen LogP contribution is -2.51. The SMILES string of the molecule is CC1(C)CC(=O)N[C@@H]2CCc3cc(C(F)(F)F)ccc3N(Cc3ccc(cc3)-c3ccccc3C(=O)NCCN1)C2=O. The van der Waals surface area contributed by atoms with Gasteiger partial charge in [0, 0.05) is 36.3 Å². The second kappa shape index (κ2) is 11.6. The zero-order valence-electron chi connectivity index (χ0n) is 23.5. The van der Waals surface area contributed by atoms with Gasteiger partial charge in [-0.3, -0.25) is 14.4 Å². The standard InChI is InChI=1S/C32H33F3N4O3/c1-31(2)18-28(40)38-26-13-11-22-17-23(32(33,34)35)12-14-27(22)39(30(26)42)19-20-7-9-21(10-8-20)24-5-3-4-6-25(24)29(41)36-15-16-37-31/h3-10,12,14,17,26,37H,11,13,15-16,18-19H2,1-2H3,(H,36,41)(H,38,40)/t26-/m1/s1. The Morgan fingerprint density at radius 3 is 2.33 bits per heavy atom. The third-order valence-electron chi connectivity index (χ3n) is 7.69.